The Morgan fingerprint density at radius 1 is 1.24 bits per heavy atom. The van der Waals surface area contributed by atoms with E-state index in [9.17, 15) is 22.4 Å². The molecular formula is C13H7BrF4N2O. The molecule has 110 valence electrons. The largest absolute Gasteiger partial charge is 0.419 e. The molecule has 0 saturated carbocycles. The number of pyridine rings is 1. The Kier molecular flexibility index (Phi) is 4.26. The van der Waals surface area contributed by atoms with Crippen LogP contribution in [0.3, 0.4) is 0 Å². The van der Waals surface area contributed by atoms with E-state index in [0.29, 0.717) is 12.1 Å². The summed E-state index contributed by atoms with van der Waals surface area (Å²) >= 11 is 3.06. The molecule has 0 fully saturated rings. The Hall–Kier alpha value is -1.96. The van der Waals surface area contributed by atoms with Crippen LogP contribution in [0.25, 0.3) is 0 Å². The van der Waals surface area contributed by atoms with Gasteiger partial charge in [-0.25, -0.2) is 9.37 Å². The van der Waals surface area contributed by atoms with Gasteiger partial charge in [0, 0.05) is 11.9 Å². The van der Waals surface area contributed by atoms with Crippen LogP contribution in [0.2, 0.25) is 0 Å². The zero-order chi connectivity index (χ0) is 15.6. The lowest BCUT2D eigenvalue weighted by atomic mass is 10.1. The van der Waals surface area contributed by atoms with Crippen LogP contribution < -0.4 is 5.32 Å². The lowest BCUT2D eigenvalue weighted by Crippen LogP contribution is -2.15. The quantitative estimate of drug-likeness (QED) is 0.640. The minimum Gasteiger partial charge on any atom is -0.322 e. The first-order valence-corrected chi connectivity index (χ1v) is 6.37. The topological polar surface area (TPSA) is 42.0 Å². The molecular weight excluding hydrogens is 356 g/mol. The number of nitrogens with zero attached hydrogens (tertiary/aromatic N) is 1. The molecule has 1 N–H and O–H groups in total. The number of benzene rings is 1. The van der Waals surface area contributed by atoms with E-state index in [1.165, 1.54) is 18.3 Å². The molecule has 0 spiro atoms. The standard InChI is InChI=1S/C13H7BrF4N2O/c14-11-8(2-1-5-19-11)12(21)20-7-3-4-10(15)9(6-7)13(16,17)18/h1-6H,(H,20,21). The van der Waals surface area contributed by atoms with Crippen molar-refractivity contribution in [2.24, 2.45) is 0 Å². The summed E-state index contributed by atoms with van der Waals surface area (Å²) in [4.78, 5) is 15.8. The maximum absolute atomic E-state index is 13.1. The van der Waals surface area contributed by atoms with Crippen molar-refractivity contribution in [2.45, 2.75) is 6.18 Å². The maximum atomic E-state index is 13.1. The summed E-state index contributed by atoms with van der Waals surface area (Å²) in [5.41, 5.74) is -1.45. The number of anilines is 1. The molecule has 8 heteroatoms. The van der Waals surface area contributed by atoms with E-state index < -0.39 is 23.5 Å². The van der Waals surface area contributed by atoms with Gasteiger partial charge in [-0.05, 0) is 46.3 Å². The minimum absolute atomic E-state index is 0.149. The van der Waals surface area contributed by atoms with E-state index in [2.05, 4.69) is 26.2 Å². The van der Waals surface area contributed by atoms with Gasteiger partial charge in [-0.2, -0.15) is 13.2 Å². The highest BCUT2D eigenvalue weighted by Gasteiger charge is 2.34. The minimum atomic E-state index is -4.83. The summed E-state index contributed by atoms with van der Waals surface area (Å²) in [5, 5.41) is 2.26. The molecule has 2 rings (SSSR count). The Balaban J connectivity index is 2.29. The monoisotopic (exact) mass is 362 g/mol. The van der Waals surface area contributed by atoms with Crippen molar-refractivity contribution < 1.29 is 22.4 Å². The second-order valence-electron chi connectivity index (χ2n) is 3.99. The molecule has 1 aromatic carbocycles. The van der Waals surface area contributed by atoms with Crippen LogP contribution in [0.5, 0.6) is 0 Å². The number of carbonyl (C=O) groups excluding carboxylic acids is 1. The van der Waals surface area contributed by atoms with Crippen LogP contribution >= 0.6 is 15.9 Å². The molecule has 0 bridgehead atoms. The summed E-state index contributed by atoms with van der Waals surface area (Å²) in [6, 6.07) is 5.19. The Morgan fingerprint density at radius 3 is 2.57 bits per heavy atom. The Labute approximate surface area is 125 Å². The summed E-state index contributed by atoms with van der Waals surface area (Å²) in [6.07, 6.45) is -3.39. The van der Waals surface area contributed by atoms with Gasteiger partial charge < -0.3 is 5.32 Å². The summed E-state index contributed by atoms with van der Waals surface area (Å²) in [5.74, 6) is -2.06. The first-order chi connectivity index (χ1) is 9.79. The van der Waals surface area contributed by atoms with Crippen LogP contribution in [0, 0.1) is 5.82 Å². The highest BCUT2D eigenvalue weighted by molar-refractivity contribution is 9.10. The average Bonchev–Trinajstić information content (AvgIpc) is 2.40. The Bertz CT molecular complexity index is 688. The first-order valence-electron chi connectivity index (χ1n) is 5.57. The zero-order valence-corrected chi connectivity index (χ0v) is 11.8. The number of amides is 1. The molecule has 1 amide bonds. The number of rotatable bonds is 2. The number of carbonyl (C=O) groups is 1. The smallest absolute Gasteiger partial charge is 0.322 e. The average molecular weight is 363 g/mol. The van der Waals surface area contributed by atoms with Crippen LogP contribution in [0.4, 0.5) is 23.2 Å². The molecule has 0 atom stereocenters. The molecule has 0 saturated heterocycles. The molecule has 0 aliphatic heterocycles. The van der Waals surface area contributed by atoms with Crippen molar-refractivity contribution in [3.05, 3.63) is 58.1 Å². The molecule has 1 aromatic heterocycles. The van der Waals surface area contributed by atoms with Gasteiger partial charge in [0.2, 0.25) is 0 Å². The van der Waals surface area contributed by atoms with Gasteiger partial charge in [0.1, 0.15) is 10.4 Å². The van der Waals surface area contributed by atoms with E-state index in [1.54, 1.807) is 0 Å². The van der Waals surface area contributed by atoms with Gasteiger partial charge in [0.25, 0.3) is 5.91 Å². The number of nitrogens with one attached hydrogen (secondary N) is 1. The molecule has 3 nitrogen and oxygen atoms in total. The third kappa shape index (κ3) is 3.57. The molecule has 1 heterocycles. The van der Waals surface area contributed by atoms with E-state index in [4.69, 9.17) is 0 Å². The Morgan fingerprint density at radius 2 is 1.95 bits per heavy atom. The predicted octanol–water partition coefficient (Wildman–Crippen LogP) is 4.25. The fourth-order valence-electron chi connectivity index (χ4n) is 1.57. The summed E-state index contributed by atoms with van der Waals surface area (Å²) < 4.78 is 51.1. The lowest BCUT2D eigenvalue weighted by Gasteiger charge is -2.11. The maximum Gasteiger partial charge on any atom is 0.419 e. The SMILES string of the molecule is O=C(Nc1ccc(F)c(C(F)(F)F)c1)c1cccnc1Br. The molecule has 2 aromatic rings. The van der Waals surface area contributed by atoms with Crippen molar-refractivity contribution in [3.63, 3.8) is 0 Å². The van der Waals surface area contributed by atoms with Gasteiger partial charge in [-0.3, -0.25) is 4.79 Å². The highest BCUT2D eigenvalue weighted by atomic mass is 79.9. The second kappa shape index (κ2) is 5.80. The molecule has 0 radical (unpaired) electrons. The van der Waals surface area contributed by atoms with Crippen LogP contribution in [-0.2, 0) is 6.18 Å². The third-order valence-electron chi connectivity index (χ3n) is 2.53. The molecule has 0 aliphatic rings. The summed E-state index contributed by atoms with van der Waals surface area (Å²) in [6.45, 7) is 0. The fraction of sp³-hybridized carbons (Fsp3) is 0.0769. The van der Waals surface area contributed by atoms with E-state index in [1.807, 2.05) is 0 Å². The number of hydrogen-bond donors (Lipinski definition) is 1. The van der Waals surface area contributed by atoms with E-state index in [-0.39, 0.29) is 15.9 Å². The second-order valence-corrected chi connectivity index (χ2v) is 4.74. The number of aromatic nitrogens is 1. The van der Waals surface area contributed by atoms with Gasteiger partial charge in [-0.15, -0.1) is 0 Å². The van der Waals surface area contributed by atoms with E-state index in [0.717, 1.165) is 6.07 Å². The van der Waals surface area contributed by atoms with Crippen molar-refractivity contribution in [3.8, 4) is 0 Å². The van der Waals surface area contributed by atoms with Gasteiger partial charge in [0.05, 0.1) is 11.1 Å². The van der Waals surface area contributed by atoms with Gasteiger partial charge >= 0.3 is 6.18 Å². The molecule has 0 aliphatic carbocycles. The van der Waals surface area contributed by atoms with Crippen molar-refractivity contribution in [2.75, 3.05) is 5.32 Å². The van der Waals surface area contributed by atoms with Gasteiger partial charge in [0.15, 0.2) is 0 Å². The molecule has 21 heavy (non-hydrogen) atoms. The lowest BCUT2D eigenvalue weighted by molar-refractivity contribution is -0.139. The third-order valence-corrected chi connectivity index (χ3v) is 3.17. The first kappa shape index (κ1) is 15.4. The van der Waals surface area contributed by atoms with Crippen molar-refractivity contribution >= 4 is 27.5 Å². The number of halogens is 5. The number of alkyl halides is 3. The normalized spacial score (nSPS) is 11.3. The fourth-order valence-corrected chi connectivity index (χ4v) is 2.00. The van der Waals surface area contributed by atoms with Crippen molar-refractivity contribution in [1.29, 1.82) is 0 Å². The van der Waals surface area contributed by atoms with Crippen molar-refractivity contribution in [1.82, 2.24) is 4.98 Å². The van der Waals surface area contributed by atoms with E-state index >= 15 is 0 Å². The van der Waals surface area contributed by atoms with Gasteiger partial charge in [-0.1, -0.05) is 0 Å². The van der Waals surface area contributed by atoms with Crippen LogP contribution in [0.15, 0.2) is 41.1 Å². The number of hydrogen-bond acceptors (Lipinski definition) is 2. The zero-order valence-electron chi connectivity index (χ0n) is 10.2. The predicted molar refractivity (Wildman–Crippen MR) is 71.3 cm³/mol. The van der Waals surface area contributed by atoms with Crippen LogP contribution in [-0.4, -0.2) is 10.9 Å². The highest BCUT2D eigenvalue weighted by Crippen LogP contribution is 2.33. The molecule has 0 unspecified atom stereocenters. The summed E-state index contributed by atoms with van der Waals surface area (Å²) in [7, 11) is 0. The van der Waals surface area contributed by atoms with Crippen LogP contribution in [0.1, 0.15) is 15.9 Å².